The molecule has 1 fully saturated rings. The number of anilines is 2. The first-order valence-electron chi connectivity index (χ1n) is 11.7. The minimum absolute atomic E-state index is 0.157. The number of rotatable bonds is 5. The molecule has 12 heteroatoms. The van der Waals surface area contributed by atoms with Gasteiger partial charge in [0.1, 0.15) is 12.1 Å². The third-order valence-corrected chi connectivity index (χ3v) is 7.28. The number of sulfonamides is 1. The molecule has 0 bridgehead atoms. The Morgan fingerprint density at radius 3 is 2.11 bits per heavy atom. The van der Waals surface area contributed by atoms with Crippen LogP contribution in [0.4, 0.5) is 24.7 Å². The molecule has 0 unspecified atom stereocenters. The predicted octanol–water partition coefficient (Wildman–Crippen LogP) is 4.20. The first kappa shape index (κ1) is 25.6. The zero-order valence-corrected chi connectivity index (χ0v) is 20.8. The Balaban J connectivity index is 1.78. The summed E-state index contributed by atoms with van der Waals surface area (Å²) >= 11 is 0. The molecule has 2 aromatic carbocycles. The van der Waals surface area contributed by atoms with Gasteiger partial charge in [0.2, 0.25) is 10.0 Å². The van der Waals surface area contributed by atoms with Crippen LogP contribution in [0.1, 0.15) is 5.56 Å². The maximum atomic E-state index is 14.8. The van der Waals surface area contributed by atoms with Gasteiger partial charge in [0, 0.05) is 44.1 Å². The van der Waals surface area contributed by atoms with Crippen molar-refractivity contribution in [2.45, 2.75) is 11.1 Å². The molecule has 0 spiro atoms. The van der Waals surface area contributed by atoms with Crippen molar-refractivity contribution in [1.29, 1.82) is 0 Å². The van der Waals surface area contributed by atoms with Crippen molar-refractivity contribution >= 4 is 21.5 Å². The third kappa shape index (κ3) is 5.04. The number of hydrogen-bond donors (Lipinski definition) is 1. The van der Waals surface area contributed by atoms with Crippen LogP contribution in [0.25, 0.3) is 22.4 Å². The van der Waals surface area contributed by atoms with E-state index < -0.39 is 26.7 Å². The quantitative estimate of drug-likeness (QED) is 0.405. The molecule has 0 radical (unpaired) electrons. The van der Waals surface area contributed by atoms with Crippen molar-refractivity contribution < 1.29 is 21.6 Å². The fraction of sp³-hybridized carbons (Fsp3) is 0.192. The molecule has 0 atom stereocenters. The van der Waals surface area contributed by atoms with Gasteiger partial charge in [-0.1, -0.05) is 36.4 Å². The van der Waals surface area contributed by atoms with Crippen molar-refractivity contribution in [2.75, 3.05) is 36.0 Å². The minimum atomic E-state index is -5.02. The number of pyridine rings is 1. The summed E-state index contributed by atoms with van der Waals surface area (Å²) in [5.74, 6) is 0.711. The van der Waals surface area contributed by atoms with Crippen LogP contribution in [0.15, 0.2) is 84.3 Å². The topological polar surface area (TPSA) is 105 Å². The van der Waals surface area contributed by atoms with E-state index >= 15 is 0 Å². The largest absolute Gasteiger partial charge is 0.419 e. The number of aromatic nitrogens is 3. The van der Waals surface area contributed by atoms with Crippen LogP contribution in [0.3, 0.4) is 0 Å². The molecule has 1 saturated heterocycles. The normalized spacial score (nSPS) is 14.5. The Morgan fingerprint density at radius 1 is 0.842 bits per heavy atom. The number of halogens is 3. The van der Waals surface area contributed by atoms with E-state index in [4.69, 9.17) is 5.14 Å². The van der Waals surface area contributed by atoms with E-state index in [2.05, 4.69) is 15.0 Å². The van der Waals surface area contributed by atoms with Gasteiger partial charge in [-0.3, -0.25) is 0 Å². The van der Waals surface area contributed by atoms with Crippen molar-refractivity contribution in [3.8, 4) is 22.4 Å². The number of benzene rings is 2. The van der Waals surface area contributed by atoms with Gasteiger partial charge in [0.25, 0.3) is 0 Å². The predicted molar refractivity (Wildman–Crippen MR) is 138 cm³/mol. The molecule has 0 aliphatic carbocycles. The van der Waals surface area contributed by atoms with Crippen LogP contribution >= 0.6 is 0 Å². The van der Waals surface area contributed by atoms with Gasteiger partial charge < -0.3 is 9.80 Å². The molecule has 8 nitrogen and oxygen atoms in total. The Hall–Kier alpha value is -4.03. The van der Waals surface area contributed by atoms with Crippen LogP contribution < -0.4 is 14.9 Å². The summed E-state index contributed by atoms with van der Waals surface area (Å²) in [5.41, 5.74) is -0.407. The monoisotopic (exact) mass is 540 g/mol. The molecule has 196 valence electrons. The second-order valence-electron chi connectivity index (χ2n) is 8.69. The molecular weight excluding hydrogens is 517 g/mol. The highest BCUT2D eigenvalue weighted by molar-refractivity contribution is 7.89. The molecule has 38 heavy (non-hydrogen) atoms. The lowest BCUT2D eigenvalue weighted by Crippen LogP contribution is -2.47. The van der Waals surface area contributed by atoms with Crippen LogP contribution in [0.5, 0.6) is 0 Å². The van der Waals surface area contributed by atoms with Gasteiger partial charge >= 0.3 is 6.18 Å². The number of primary sulfonamides is 1. The fourth-order valence-electron chi connectivity index (χ4n) is 4.70. The molecule has 0 amide bonds. The van der Waals surface area contributed by atoms with E-state index in [1.807, 2.05) is 17.0 Å². The summed E-state index contributed by atoms with van der Waals surface area (Å²) in [6, 6.07) is 16.6. The second kappa shape index (κ2) is 10.0. The van der Waals surface area contributed by atoms with E-state index in [0.29, 0.717) is 24.5 Å². The smallest absolute Gasteiger partial charge is 0.367 e. The summed E-state index contributed by atoms with van der Waals surface area (Å²) in [6.45, 7) is 1.11. The van der Waals surface area contributed by atoms with Gasteiger partial charge in [-0.25, -0.2) is 28.5 Å². The molecule has 5 rings (SSSR count). The minimum Gasteiger partial charge on any atom is -0.367 e. The van der Waals surface area contributed by atoms with Crippen LogP contribution in [0.2, 0.25) is 0 Å². The summed E-state index contributed by atoms with van der Waals surface area (Å²) < 4.78 is 69.5. The van der Waals surface area contributed by atoms with E-state index in [1.165, 1.54) is 18.6 Å². The fourth-order valence-corrected chi connectivity index (χ4v) is 5.48. The zero-order valence-electron chi connectivity index (χ0n) is 20.0. The number of nitrogens with two attached hydrogens (primary N) is 1. The second-order valence-corrected chi connectivity index (χ2v) is 10.2. The summed E-state index contributed by atoms with van der Waals surface area (Å²) in [4.78, 5) is 15.1. The first-order chi connectivity index (χ1) is 18.1. The van der Waals surface area contributed by atoms with Crippen molar-refractivity contribution in [1.82, 2.24) is 15.0 Å². The Labute approximate surface area is 217 Å². The number of piperazine rings is 1. The van der Waals surface area contributed by atoms with E-state index in [-0.39, 0.29) is 35.6 Å². The van der Waals surface area contributed by atoms with Gasteiger partial charge in [-0.15, -0.1) is 0 Å². The van der Waals surface area contributed by atoms with Crippen molar-refractivity contribution in [3.05, 3.63) is 84.9 Å². The molecule has 2 aromatic heterocycles. The molecule has 4 aromatic rings. The molecule has 2 N–H and O–H groups in total. The molecule has 3 heterocycles. The van der Waals surface area contributed by atoms with Crippen LogP contribution in [0, 0.1) is 0 Å². The molecule has 1 aliphatic rings. The Bertz CT molecular complexity index is 1530. The maximum Gasteiger partial charge on any atom is 0.419 e. The lowest BCUT2D eigenvalue weighted by Gasteiger charge is -2.39. The van der Waals surface area contributed by atoms with E-state index in [0.717, 1.165) is 6.07 Å². The number of nitrogens with zero attached hydrogens (tertiary/aromatic N) is 5. The van der Waals surface area contributed by atoms with E-state index in [9.17, 15) is 21.6 Å². The average molecular weight is 541 g/mol. The van der Waals surface area contributed by atoms with Gasteiger partial charge in [-0.2, -0.15) is 13.2 Å². The lowest BCUT2D eigenvalue weighted by molar-refractivity contribution is -0.139. The van der Waals surface area contributed by atoms with E-state index in [1.54, 1.807) is 47.5 Å². The lowest BCUT2D eigenvalue weighted by atomic mass is 9.91. The molecule has 1 aliphatic heterocycles. The zero-order chi connectivity index (χ0) is 26.9. The van der Waals surface area contributed by atoms with Crippen LogP contribution in [-0.4, -0.2) is 49.5 Å². The Morgan fingerprint density at radius 2 is 1.53 bits per heavy atom. The van der Waals surface area contributed by atoms with Crippen LogP contribution in [-0.2, 0) is 16.2 Å². The van der Waals surface area contributed by atoms with Crippen molar-refractivity contribution in [2.24, 2.45) is 5.14 Å². The summed E-state index contributed by atoms with van der Waals surface area (Å²) in [5, 5.41) is 5.40. The average Bonchev–Trinajstić information content (AvgIpc) is 2.92. The first-order valence-corrected chi connectivity index (χ1v) is 13.2. The van der Waals surface area contributed by atoms with Gasteiger partial charge in [0.05, 0.1) is 21.8 Å². The van der Waals surface area contributed by atoms with Crippen molar-refractivity contribution in [3.63, 3.8) is 0 Å². The third-order valence-electron chi connectivity index (χ3n) is 6.35. The summed E-state index contributed by atoms with van der Waals surface area (Å²) in [6.07, 6.45) is -0.695. The number of alkyl halides is 3. The standard InChI is InChI=1S/C26H23F3N6O2S/c27-26(28,29)24-21(38(30,36)37)16-19(18-6-2-1-3-7-18)23(20-9-11-31-17-33-20)25(24)35-14-12-34(13-15-35)22-8-4-5-10-32-22/h1-11,16-17H,12-15H2,(H2,30,36,37). The highest BCUT2D eigenvalue weighted by Gasteiger charge is 2.43. The maximum absolute atomic E-state index is 14.8. The molecular formula is C26H23F3N6O2S. The van der Waals surface area contributed by atoms with Gasteiger partial charge in [0.15, 0.2) is 0 Å². The van der Waals surface area contributed by atoms with Gasteiger partial charge in [-0.05, 0) is 35.4 Å². The number of hydrogen-bond acceptors (Lipinski definition) is 7. The SMILES string of the molecule is NS(=O)(=O)c1cc(-c2ccccc2)c(-c2ccncn2)c(N2CCN(c3ccccn3)CC2)c1C(F)(F)F. The Kier molecular flexibility index (Phi) is 6.76. The molecule has 0 saturated carbocycles. The summed E-state index contributed by atoms with van der Waals surface area (Å²) in [7, 11) is -4.76. The highest BCUT2D eigenvalue weighted by atomic mass is 32.2. The highest BCUT2D eigenvalue weighted by Crippen LogP contribution is 2.49.